The first kappa shape index (κ1) is 15.6. The number of aryl methyl sites for hydroxylation is 1. The highest BCUT2D eigenvalue weighted by Gasteiger charge is 2.29. The van der Waals surface area contributed by atoms with Crippen LogP contribution in [0.2, 0.25) is 0 Å². The molecule has 0 atom stereocenters. The Morgan fingerprint density at radius 2 is 1.83 bits per heavy atom. The van der Waals surface area contributed by atoms with Crippen LogP contribution < -0.4 is 4.31 Å². The van der Waals surface area contributed by atoms with Gasteiger partial charge >= 0.3 is 5.97 Å². The van der Waals surface area contributed by atoms with Crippen LogP contribution in [0.4, 0.5) is 5.69 Å². The molecule has 0 unspecified atom stereocenters. The standard InChI is InChI=1S/C17H17NO4S/c1-18(14-7-3-2-4-8-14)23(21,22)16-11-13(17(19)20)10-12-6-5-9-15(12)16/h2-4,7-8,10-11H,5-6,9H2,1H3,(H,19,20). The average molecular weight is 331 g/mol. The van der Waals surface area contributed by atoms with Gasteiger partial charge in [-0.15, -0.1) is 0 Å². The lowest BCUT2D eigenvalue weighted by molar-refractivity contribution is 0.0696. The summed E-state index contributed by atoms with van der Waals surface area (Å²) < 4.78 is 27.2. The van der Waals surface area contributed by atoms with Gasteiger partial charge in [0.05, 0.1) is 16.1 Å². The molecule has 0 radical (unpaired) electrons. The highest BCUT2D eigenvalue weighted by atomic mass is 32.2. The number of anilines is 1. The maximum atomic E-state index is 13.0. The van der Waals surface area contributed by atoms with Gasteiger partial charge < -0.3 is 5.11 Å². The smallest absolute Gasteiger partial charge is 0.335 e. The van der Waals surface area contributed by atoms with E-state index < -0.39 is 16.0 Å². The van der Waals surface area contributed by atoms with Crippen LogP contribution in [0, 0.1) is 0 Å². The second-order valence-electron chi connectivity index (χ2n) is 5.58. The highest BCUT2D eigenvalue weighted by Crippen LogP contribution is 2.32. The fourth-order valence-electron chi connectivity index (χ4n) is 2.94. The number of hydrogen-bond acceptors (Lipinski definition) is 3. The summed E-state index contributed by atoms with van der Waals surface area (Å²) >= 11 is 0. The molecule has 0 fully saturated rings. The molecule has 0 saturated heterocycles. The minimum absolute atomic E-state index is 0.0192. The van der Waals surface area contributed by atoms with Crippen LogP contribution in [0.1, 0.15) is 27.9 Å². The molecule has 120 valence electrons. The summed E-state index contributed by atoms with van der Waals surface area (Å²) in [6.45, 7) is 0. The molecule has 0 aliphatic heterocycles. The Morgan fingerprint density at radius 1 is 1.13 bits per heavy atom. The number of benzene rings is 2. The number of para-hydroxylation sites is 1. The van der Waals surface area contributed by atoms with E-state index in [9.17, 15) is 18.3 Å². The highest BCUT2D eigenvalue weighted by molar-refractivity contribution is 7.92. The van der Waals surface area contributed by atoms with E-state index in [1.165, 1.54) is 17.4 Å². The summed E-state index contributed by atoms with van der Waals surface area (Å²) in [6, 6.07) is 11.6. The van der Waals surface area contributed by atoms with Crippen LogP contribution in [-0.2, 0) is 22.9 Å². The first-order valence-corrected chi connectivity index (χ1v) is 8.78. The minimum atomic E-state index is -3.80. The van der Waals surface area contributed by atoms with Gasteiger partial charge in [0.2, 0.25) is 0 Å². The second kappa shape index (κ2) is 5.70. The fraction of sp³-hybridized carbons (Fsp3) is 0.235. The van der Waals surface area contributed by atoms with Crippen molar-refractivity contribution >= 4 is 21.7 Å². The van der Waals surface area contributed by atoms with E-state index >= 15 is 0 Å². The lowest BCUT2D eigenvalue weighted by atomic mass is 10.1. The molecular formula is C17H17NO4S. The van der Waals surface area contributed by atoms with Gasteiger partial charge in [-0.1, -0.05) is 18.2 Å². The van der Waals surface area contributed by atoms with Crippen molar-refractivity contribution in [2.75, 3.05) is 11.4 Å². The molecule has 1 aliphatic carbocycles. The lowest BCUT2D eigenvalue weighted by Crippen LogP contribution is -2.27. The molecule has 0 aromatic heterocycles. The van der Waals surface area contributed by atoms with E-state index in [1.54, 1.807) is 30.3 Å². The van der Waals surface area contributed by atoms with Crippen molar-refractivity contribution in [2.45, 2.75) is 24.2 Å². The number of rotatable bonds is 4. The molecule has 0 heterocycles. The second-order valence-corrected chi connectivity index (χ2v) is 7.52. The third kappa shape index (κ3) is 2.70. The molecule has 6 heteroatoms. The van der Waals surface area contributed by atoms with Crippen LogP contribution in [0.25, 0.3) is 0 Å². The Kier molecular flexibility index (Phi) is 3.85. The number of carbonyl (C=O) groups is 1. The van der Waals surface area contributed by atoms with Crippen molar-refractivity contribution in [3.8, 4) is 0 Å². The Bertz CT molecular complexity index is 860. The van der Waals surface area contributed by atoms with Gasteiger partial charge in [-0.2, -0.15) is 0 Å². The van der Waals surface area contributed by atoms with Gasteiger partial charge in [-0.05, 0) is 54.7 Å². The maximum Gasteiger partial charge on any atom is 0.335 e. The third-order valence-corrected chi connectivity index (χ3v) is 6.03. The summed E-state index contributed by atoms with van der Waals surface area (Å²) in [4.78, 5) is 11.4. The van der Waals surface area contributed by atoms with Gasteiger partial charge in [0.25, 0.3) is 10.0 Å². The zero-order valence-corrected chi connectivity index (χ0v) is 13.5. The molecule has 1 aliphatic rings. The number of nitrogens with zero attached hydrogens (tertiary/aromatic N) is 1. The molecule has 3 rings (SSSR count). The van der Waals surface area contributed by atoms with Crippen LogP contribution in [-0.4, -0.2) is 26.5 Å². The van der Waals surface area contributed by atoms with E-state index in [0.29, 0.717) is 18.5 Å². The average Bonchev–Trinajstić information content (AvgIpc) is 3.02. The molecule has 0 saturated carbocycles. The summed E-state index contributed by atoms with van der Waals surface area (Å²) in [5.41, 5.74) is 2.13. The molecule has 0 amide bonds. The van der Waals surface area contributed by atoms with E-state index in [-0.39, 0.29) is 10.5 Å². The largest absolute Gasteiger partial charge is 0.478 e. The van der Waals surface area contributed by atoms with Crippen LogP contribution in [0.3, 0.4) is 0 Å². The lowest BCUT2D eigenvalue weighted by Gasteiger charge is -2.21. The molecular weight excluding hydrogens is 314 g/mol. The summed E-state index contributed by atoms with van der Waals surface area (Å²) in [7, 11) is -2.32. The van der Waals surface area contributed by atoms with Crippen molar-refractivity contribution in [1.82, 2.24) is 0 Å². The predicted molar refractivity (Wildman–Crippen MR) is 87.5 cm³/mol. The Hall–Kier alpha value is -2.34. The van der Waals surface area contributed by atoms with Crippen LogP contribution >= 0.6 is 0 Å². The Labute approximate surface area is 135 Å². The molecule has 2 aromatic carbocycles. The summed E-state index contributed by atoms with van der Waals surface area (Å²) in [6.07, 6.45) is 2.22. The number of aromatic carboxylic acids is 1. The van der Waals surface area contributed by atoms with Crippen molar-refractivity contribution in [3.63, 3.8) is 0 Å². The van der Waals surface area contributed by atoms with Crippen molar-refractivity contribution in [2.24, 2.45) is 0 Å². The monoisotopic (exact) mass is 331 g/mol. The number of fused-ring (bicyclic) bond motifs is 1. The van der Waals surface area contributed by atoms with E-state index in [2.05, 4.69) is 0 Å². The van der Waals surface area contributed by atoms with Gasteiger partial charge in [-0.3, -0.25) is 4.31 Å². The number of hydrogen-bond donors (Lipinski definition) is 1. The minimum Gasteiger partial charge on any atom is -0.478 e. The normalized spacial score (nSPS) is 13.6. The fourth-order valence-corrected chi connectivity index (χ4v) is 4.46. The molecule has 5 nitrogen and oxygen atoms in total. The maximum absolute atomic E-state index is 13.0. The molecule has 23 heavy (non-hydrogen) atoms. The van der Waals surface area contributed by atoms with Crippen molar-refractivity contribution < 1.29 is 18.3 Å². The van der Waals surface area contributed by atoms with Gasteiger partial charge in [0.1, 0.15) is 0 Å². The molecule has 0 spiro atoms. The van der Waals surface area contributed by atoms with Gasteiger partial charge in [0, 0.05) is 7.05 Å². The van der Waals surface area contributed by atoms with E-state index in [1.807, 2.05) is 6.07 Å². The number of sulfonamides is 1. The number of carboxylic acids is 1. The Balaban J connectivity index is 2.15. The van der Waals surface area contributed by atoms with E-state index in [0.717, 1.165) is 17.5 Å². The topological polar surface area (TPSA) is 74.7 Å². The quantitative estimate of drug-likeness (QED) is 0.935. The third-order valence-electron chi connectivity index (χ3n) is 4.18. The SMILES string of the molecule is CN(c1ccccc1)S(=O)(=O)c1cc(C(=O)O)cc2c1CCC2. The molecule has 0 bridgehead atoms. The van der Waals surface area contributed by atoms with Crippen molar-refractivity contribution in [1.29, 1.82) is 0 Å². The summed E-state index contributed by atoms with van der Waals surface area (Å²) in [5, 5.41) is 9.25. The Morgan fingerprint density at radius 3 is 2.48 bits per heavy atom. The predicted octanol–water partition coefficient (Wildman–Crippen LogP) is 2.70. The zero-order valence-electron chi connectivity index (χ0n) is 12.7. The van der Waals surface area contributed by atoms with Crippen molar-refractivity contribution in [3.05, 3.63) is 59.2 Å². The van der Waals surface area contributed by atoms with Gasteiger partial charge in [0.15, 0.2) is 0 Å². The van der Waals surface area contributed by atoms with Gasteiger partial charge in [-0.25, -0.2) is 13.2 Å². The summed E-state index contributed by atoms with van der Waals surface area (Å²) in [5.74, 6) is -1.11. The van der Waals surface area contributed by atoms with Crippen LogP contribution in [0.5, 0.6) is 0 Å². The zero-order chi connectivity index (χ0) is 16.6. The molecule has 2 aromatic rings. The molecule has 1 N–H and O–H groups in total. The first-order chi connectivity index (χ1) is 10.9. The first-order valence-electron chi connectivity index (χ1n) is 7.34. The van der Waals surface area contributed by atoms with Crippen LogP contribution in [0.15, 0.2) is 47.4 Å². The number of carboxylic acid groups (broad SMARTS) is 1. The van der Waals surface area contributed by atoms with E-state index in [4.69, 9.17) is 0 Å².